The fraction of sp³-hybridized carbons (Fsp3) is 0.143. The molecule has 1 amide bonds. The number of aryl methyl sites for hydroxylation is 2. The van der Waals surface area contributed by atoms with Gasteiger partial charge in [0.15, 0.2) is 11.3 Å². The van der Waals surface area contributed by atoms with E-state index in [4.69, 9.17) is 16.0 Å². The van der Waals surface area contributed by atoms with Crippen LogP contribution in [0.4, 0.5) is 4.39 Å². The summed E-state index contributed by atoms with van der Waals surface area (Å²) in [5.74, 6) is -0.0795. The lowest BCUT2D eigenvalue weighted by molar-refractivity contribution is 0.0914. The van der Waals surface area contributed by atoms with Crippen LogP contribution in [0.1, 0.15) is 33.5 Å². The number of halogens is 2. The molecule has 0 aliphatic carbocycles. The van der Waals surface area contributed by atoms with Gasteiger partial charge in [-0.3, -0.25) is 4.79 Å². The van der Waals surface area contributed by atoms with Crippen LogP contribution in [0.5, 0.6) is 0 Å². The van der Waals surface area contributed by atoms with E-state index in [1.54, 1.807) is 48.1 Å². The fourth-order valence-corrected chi connectivity index (χ4v) is 3.47. The van der Waals surface area contributed by atoms with Crippen molar-refractivity contribution in [3.05, 3.63) is 88.4 Å². The van der Waals surface area contributed by atoms with Gasteiger partial charge >= 0.3 is 0 Å². The summed E-state index contributed by atoms with van der Waals surface area (Å²) in [5.41, 5.74) is 1.73. The van der Waals surface area contributed by atoms with Crippen molar-refractivity contribution in [3.8, 4) is 0 Å². The third-order valence-electron chi connectivity index (χ3n) is 4.70. The maximum atomic E-state index is 13.8. The molecule has 2 aromatic heterocycles. The number of nitrogens with zero attached hydrogens (tertiary/aromatic N) is 2. The zero-order valence-corrected chi connectivity index (χ0v) is 16.0. The number of carbonyl (C=O) groups is 1. The largest absolute Gasteiger partial charge is 0.449 e. The molecule has 0 saturated heterocycles. The van der Waals surface area contributed by atoms with Crippen molar-refractivity contribution in [2.24, 2.45) is 7.05 Å². The van der Waals surface area contributed by atoms with E-state index in [9.17, 15) is 9.18 Å². The molecule has 0 saturated carbocycles. The molecule has 0 aliphatic rings. The summed E-state index contributed by atoms with van der Waals surface area (Å²) in [6, 6.07) is 10.8. The Balaban J connectivity index is 1.75. The standard InChI is InChI=1S/C21H17ClFN3O2/c1-12-15-7-4-8-16(22)19(15)28-18(12)21(27)25-17(20-24-9-10-26(20)2)13-5-3-6-14(23)11-13/h3-11,17H,1-2H3,(H,25,27)/t17-/m1/s1. The highest BCUT2D eigenvalue weighted by Crippen LogP contribution is 2.31. The van der Waals surface area contributed by atoms with Gasteiger partial charge in [-0.05, 0) is 30.7 Å². The van der Waals surface area contributed by atoms with E-state index in [-0.39, 0.29) is 5.76 Å². The summed E-state index contributed by atoms with van der Waals surface area (Å²) in [4.78, 5) is 17.4. The molecule has 1 N–H and O–H groups in total. The van der Waals surface area contributed by atoms with Crippen LogP contribution in [-0.4, -0.2) is 15.5 Å². The number of hydrogen-bond donors (Lipinski definition) is 1. The monoisotopic (exact) mass is 397 g/mol. The van der Waals surface area contributed by atoms with Crippen molar-refractivity contribution in [3.63, 3.8) is 0 Å². The average Bonchev–Trinajstić information content (AvgIpc) is 3.24. The molecule has 4 rings (SSSR count). The van der Waals surface area contributed by atoms with Gasteiger partial charge in [-0.1, -0.05) is 35.9 Å². The van der Waals surface area contributed by atoms with E-state index in [1.807, 2.05) is 13.1 Å². The van der Waals surface area contributed by atoms with Gasteiger partial charge in [0.1, 0.15) is 17.7 Å². The van der Waals surface area contributed by atoms with E-state index < -0.39 is 17.8 Å². The molecular formula is C21H17ClFN3O2. The van der Waals surface area contributed by atoms with Crippen molar-refractivity contribution >= 4 is 28.5 Å². The number of hydrogen-bond acceptors (Lipinski definition) is 3. The fourth-order valence-electron chi connectivity index (χ4n) is 3.26. The van der Waals surface area contributed by atoms with Crippen LogP contribution in [0.2, 0.25) is 5.02 Å². The van der Waals surface area contributed by atoms with Gasteiger partial charge < -0.3 is 14.3 Å². The Labute approximate surface area is 165 Å². The van der Waals surface area contributed by atoms with Crippen molar-refractivity contribution in [2.45, 2.75) is 13.0 Å². The number of amides is 1. The molecular weight excluding hydrogens is 381 g/mol. The molecule has 1 atom stereocenters. The first-order valence-corrected chi connectivity index (χ1v) is 9.04. The lowest BCUT2D eigenvalue weighted by Gasteiger charge is -2.19. The number of para-hydroxylation sites is 1. The normalized spacial score (nSPS) is 12.3. The summed E-state index contributed by atoms with van der Waals surface area (Å²) >= 11 is 6.19. The summed E-state index contributed by atoms with van der Waals surface area (Å²) in [5, 5.41) is 4.13. The van der Waals surface area contributed by atoms with Gasteiger partial charge in [-0.2, -0.15) is 0 Å². The Hall–Kier alpha value is -3.12. The zero-order chi connectivity index (χ0) is 19.8. The van der Waals surface area contributed by atoms with Gasteiger partial charge in [-0.15, -0.1) is 0 Å². The highest BCUT2D eigenvalue weighted by molar-refractivity contribution is 6.35. The molecule has 0 bridgehead atoms. The lowest BCUT2D eigenvalue weighted by atomic mass is 10.1. The van der Waals surface area contributed by atoms with Crippen LogP contribution < -0.4 is 5.32 Å². The van der Waals surface area contributed by atoms with Crippen LogP contribution in [0.25, 0.3) is 11.0 Å². The van der Waals surface area contributed by atoms with Crippen molar-refractivity contribution in [1.82, 2.24) is 14.9 Å². The highest BCUT2D eigenvalue weighted by Gasteiger charge is 2.25. The molecule has 28 heavy (non-hydrogen) atoms. The molecule has 2 heterocycles. The van der Waals surface area contributed by atoms with Gasteiger partial charge in [0.25, 0.3) is 5.91 Å². The minimum absolute atomic E-state index is 0.165. The minimum atomic E-state index is -0.647. The summed E-state index contributed by atoms with van der Waals surface area (Å²) in [7, 11) is 1.81. The first kappa shape index (κ1) is 18.3. The first-order valence-electron chi connectivity index (χ1n) is 8.67. The molecule has 0 unspecified atom stereocenters. The van der Waals surface area contributed by atoms with Crippen molar-refractivity contribution in [1.29, 1.82) is 0 Å². The predicted octanol–water partition coefficient (Wildman–Crippen LogP) is 4.79. The maximum absolute atomic E-state index is 13.8. The summed E-state index contributed by atoms with van der Waals surface area (Å²) in [6.07, 6.45) is 3.39. The van der Waals surface area contributed by atoms with Crippen molar-refractivity contribution in [2.75, 3.05) is 0 Å². The van der Waals surface area contributed by atoms with Crippen molar-refractivity contribution < 1.29 is 13.6 Å². The number of carbonyl (C=O) groups excluding carboxylic acids is 1. The average molecular weight is 398 g/mol. The molecule has 142 valence electrons. The van der Waals surface area contributed by atoms with Crippen LogP contribution in [0.3, 0.4) is 0 Å². The number of aromatic nitrogens is 2. The molecule has 7 heteroatoms. The van der Waals surface area contributed by atoms with Crippen LogP contribution in [-0.2, 0) is 7.05 Å². The van der Waals surface area contributed by atoms with Gasteiger partial charge in [-0.25, -0.2) is 9.37 Å². The molecule has 0 fully saturated rings. The Morgan fingerprint density at radius 2 is 2.07 bits per heavy atom. The molecule has 0 spiro atoms. The smallest absolute Gasteiger partial charge is 0.288 e. The number of imidazole rings is 1. The second kappa shape index (κ2) is 7.13. The van der Waals surface area contributed by atoms with E-state index in [2.05, 4.69) is 10.3 Å². The second-order valence-corrected chi connectivity index (χ2v) is 6.94. The maximum Gasteiger partial charge on any atom is 0.288 e. The second-order valence-electron chi connectivity index (χ2n) is 6.53. The minimum Gasteiger partial charge on any atom is -0.449 e. The Morgan fingerprint density at radius 3 is 2.75 bits per heavy atom. The molecule has 5 nitrogen and oxygen atoms in total. The number of fused-ring (bicyclic) bond motifs is 1. The quantitative estimate of drug-likeness (QED) is 0.538. The number of rotatable bonds is 4. The Morgan fingerprint density at radius 1 is 1.29 bits per heavy atom. The van der Waals surface area contributed by atoms with E-state index in [0.29, 0.717) is 27.6 Å². The first-order chi connectivity index (χ1) is 13.5. The third-order valence-corrected chi connectivity index (χ3v) is 4.99. The Kier molecular flexibility index (Phi) is 4.65. The summed E-state index contributed by atoms with van der Waals surface area (Å²) < 4.78 is 21.3. The topological polar surface area (TPSA) is 60.1 Å². The molecule has 0 aliphatic heterocycles. The number of benzene rings is 2. The number of furan rings is 1. The number of nitrogens with one attached hydrogen (secondary N) is 1. The van der Waals surface area contributed by atoms with E-state index in [1.165, 1.54) is 12.1 Å². The SMILES string of the molecule is Cc1c(C(=O)N[C@H](c2cccc(F)c2)c2nccn2C)oc2c(Cl)cccc12. The van der Waals surface area contributed by atoms with Gasteiger partial charge in [0.2, 0.25) is 0 Å². The Bertz CT molecular complexity index is 1180. The summed E-state index contributed by atoms with van der Waals surface area (Å²) in [6.45, 7) is 1.80. The molecule has 4 aromatic rings. The molecule has 2 aromatic carbocycles. The van der Waals surface area contributed by atoms with E-state index in [0.717, 1.165) is 5.39 Å². The third kappa shape index (κ3) is 3.16. The van der Waals surface area contributed by atoms with Crippen LogP contribution in [0, 0.1) is 12.7 Å². The molecule has 0 radical (unpaired) electrons. The van der Waals surface area contributed by atoms with Gasteiger partial charge in [0.05, 0.1) is 5.02 Å². The van der Waals surface area contributed by atoms with E-state index >= 15 is 0 Å². The lowest BCUT2D eigenvalue weighted by Crippen LogP contribution is -2.31. The predicted molar refractivity (Wildman–Crippen MR) is 105 cm³/mol. The highest BCUT2D eigenvalue weighted by atomic mass is 35.5. The van der Waals surface area contributed by atoms with Gasteiger partial charge in [0, 0.05) is 30.4 Å². The zero-order valence-electron chi connectivity index (χ0n) is 15.2. The van der Waals surface area contributed by atoms with Crippen LogP contribution >= 0.6 is 11.6 Å². The van der Waals surface area contributed by atoms with Crippen LogP contribution in [0.15, 0.2) is 59.3 Å².